The molecule has 1 amide bonds. The molecule has 23 heavy (non-hydrogen) atoms. The third-order valence-corrected chi connectivity index (χ3v) is 3.85. The lowest BCUT2D eigenvalue weighted by molar-refractivity contribution is -0.384. The highest BCUT2D eigenvalue weighted by Gasteiger charge is 2.21. The van der Waals surface area contributed by atoms with Crippen LogP contribution in [0, 0.1) is 10.1 Å². The van der Waals surface area contributed by atoms with E-state index in [1.54, 1.807) is 29.1 Å². The first kappa shape index (κ1) is 15.2. The molecule has 1 aromatic heterocycles. The highest BCUT2D eigenvalue weighted by molar-refractivity contribution is 5.95. The SMILES string of the molecule is O=C(NC1CCCNC1)c1ccc(-n2ccnc2)c([N+](=O)[O-])c1. The van der Waals surface area contributed by atoms with Gasteiger partial charge in [0.15, 0.2) is 0 Å². The number of nitrogens with zero attached hydrogens (tertiary/aromatic N) is 3. The van der Waals surface area contributed by atoms with Gasteiger partial charge in [0.1, 0.15) is 5.69 Å². The van der Waals surface area contributed by atoms with Crippen molar-refractivity contribution in [3.05, 3.63) is 52.6 Å². The molecule has 1 saturated heterocycles. The number of hydrogen-bond acceptors (Lipinski definition) is 5. The number of imidazole rings is 1. The van der Waals surface area contributed by atoms with Crippen molar-refractivity contribution in [2.24, 2.45) is 0 Å². The van der Waals surface area contributed by atoms with Crippen molar-refractivity contribution in [1.29, 1.82) is 0 Å². The highest BCUT2D eigenvalue weighted by atomic mass is 16.6. The van der Waals surface area contributed by atoms with Crippen LogP contribution in [-0.2, 0) is 0 Å². The second-order valence-electron chi connectivity index (χ2n) is 5.45. The molecule has 2 N–H and O–H groups in total. The van der Waals surface area contributed by atoms with Crippen LogP contribution in [0.15, 0.2) is 36.9 Å². The molecule has 8 heteroatoms. The molecule has 2 aromatic rings. The zero-order valence-electron chi connectivity index (χ0n) is 12.4. The molecule has 120 valence electrons. The topological polar surface area (TPSA) is 102 Å². The molecule has 1 unspecified atom stereocenters. The number of hydrogen-bond donors (Lipinski definition) is 2. The molecule has 2 heterocycles. The van der Waals surface area contributed by atoms with Crippen LogP contribution >= 0.6 is 0 Å². The summed E-state index contributed by atoms with van der Waals surface area (Å²) in [6.07, 6.45) is 6.56. The predicted octanol–water partition coefficient (Wildman–Crippen LogP) is 1.26. The van der Waals surface area contributed by atoms with Gasteiger partial charge in [0.25, 0.3) is 11.6 Å². The fraction of sp³-hybridized carbons (Fsp3) is 0.333. The normalized spacial score (nSPS) is 17.7. The van der Waals surface area contributed by atoms with E-state index < -0.39 is 4.92 Å². The van der Waals surface area contributed by atoms with Crippen molar-refractivity contribution in [2.75, 3.05) is 13.1 Å². The molecule has 0 radical (unpaired) electrons. The lowest BCUT2D eigenvalue weighted by Crippen LogP contribution is -2.45. The summed E-state index contributed by atoms with van der Waals surface area (Å²) in [6.45, 7) is 1.68. The average molecular weight is 315 g/mol. The zero-order valence-corrected chi connectivity index (χ0v) is 12.4. The fourth-order valence-corrected chi connectivity index (χ4v) is 2.67. The second-order valence-corrected chi connectivity index (χ2v) is 5.45. The van der Waals surface area contributed by atoms with Gasteiger partial charge in [0, 0.05) is 36.6 Å². The first-order valence-electron chi connectivity index (χ1n) is 7.43. The number of amides is 1. The molecule has 1 fully saturated rings. The monoisotopic (exact) mass is 315 g/mol. The average Bonchev–Trinajstić information content (AvgIpc) is 3.09. The fourth-order valence-electron chi connectivity index (χ4n) is 2.67. The Morgan fingerprint density at radius 2 is 2.35 bits per heavy atom. The molecule has 1 aromatic carbocycles. The summed E-state index contributed by atoms with van der Waals surface area (Å²) in [7, 11) is 0. The lowest BCUT2D eigenvalue weighted by atomic mass is 10.1. The molecule has 0 spiro atoms. The molecular weight excluding hydrogens is 298 g/mol. The number of rotatable bonds is 4. The molecule has 1 aliphatic rings. The maximum absolute atomic E-state index is 12.3. The Kier molecular flexibility index (Phi) is 4.33. The maximum Gasteiger partial charge on any atom is 0.294 e. The number of carbonyl (C=O) groups is 1. The zero-order chi connectivity index (χ0) is 16.2. The Morgan fingerprint density at radius 3 is 3.00 bits per heavy atom. The number of carbonyl (C=O) groups excluding carboxylic acids is 1. The molecule has 8 nitrogen and oxygen atoms in total. The molecule has 0 bridgehead atoms. The number of nitro groups is 1. The first-order chi connectivity index (χ1) is 11.1. The number of aromatic nitrogens is 2. The van der Waals surface area contributed by atoms with Gasteiger partial charge in [-0.1, -0.05) is 0 Å². The summed E-state index contributed by atoms with van der Waals surface area (Å²) in [6, 6.07) is 4.52. The van der Waals surface area contributed by atoms with Crippen LogP contribution in [0.1, 0.15) is 23.2 Å². The lowest BCUT2D eigenvalue weighted by Gasteiger charge is -2.23. The minimum Gasteiger partial charge on any atom is -0.348 e. The molecule has 3 rings (SSSR count). The number of nitrogens with one attached hydrogen (secondary N) is 2. The van der Waals surface area contributed by atoms with Gasteiger partial charge >= 0.3 is 0 Å². The van der Waals surface area contributed by atoms with E-state index >= 15 is 0 Å². The van der Waals surface area contributed by atoms with Crippen LogP contribution in [0.5, 0.6) is 0 Å². The Hall–Kier alpha value is -2.74. The van der Waals surface area contributed by atoms with E-state index in [0.29, 0.717) is 5.69 Å². The van der Waals surface area contributed by atoms with Crippen LogP contribution in [0.2, 0.25) is 0 Å². The van der Waals surface area contributed by atoms with E-state index in [0.717, 1.165) is 25.9 Å². The summed E-state index contributed by atoms with van der Waals surface area (Å²) in [5.74, 6) is -0.293. The van der Waals surface area contributed by atoms with Crippen molar-refractivity contribution in [3.63, 3.8) is 0 Å². The van der Waals surface area contributed by atoms with Gasteiger partial charge in [0.2, 0.25) is 0 Å². The molecule has 0 aliphatic carbocycles. The third kappa shape index (κ3) is 3.37. The summed E-state index contributed by atoms with van der Waals surface area (Å²) in [5, 5.41) is 17.4. The van der Waals surface area contributed by atoms with Crippen molar-refractivity contribution in [2.45, 2.75) is 18.9 Å². The molecular formula is C15H17N5O3. The molecule has 1 aliphatic heterocycles. The van der Waals surface area contributed by atoms with Crippen LogP contribution in [-0.4, -0.2) is 39.5 Å². The highest BCUT2D eigenvalue weighted by Crippen LogP contribution is 2.24. The van der Waals surface area contributed by atoms with Crippen LogP contribution in [0.4, 0.5) is 5.69 Å². The predicted molar refractivity (Wildman–Crippen MR) is 83.6 cm³/mol. The number of benzene rings is 1. The Bertz CT molecular complexity index is 708. The van der Waals surface area contributed by atoms with E-state index in [1.807, 2.05) is 0 Å². The van der Waals surface area contributed by atoms with Gasteiger partial charge in [-0.25, -0.2) is 4.98 Å². The smallest absolute Gasteiger partial charge is 0.294 e. The van der Waals surface area contributed by atoms with Gasteiger partial charge in [-0.3, -0.25) is 14.9 Å². The van der Waals surface area contributed by atoms with Crippen LogP contribution < -0.4 is 10.6 Å². The summed E-state index contributed by atoms with van der Waals surface area (Å²) in [5.41, 5.74) is 0.534. The first-order valence-corrected chi connectivity index (χ1v) is 7.43. The van der Waals surface area contributed by atoms with Crippen LogP contribution in [0.25, 0.3) is 5.69 Å². The van der Waals surface area contributed by atoms with E-state index in [9.17, 15) is 14.9 Å². The molecule has 0 saturated carbocycles. The third-order valence-electron chi connectivity index (χ3n) is 3.85. The van der Waals surface area contributed by atoms with E-state index in [2.05, 4.69) is 15.6 Å². The van der Waals surface area contributed by atoms with E-state index in [4.69, 9.17) is 0 Å². The van der Waals surface area contributed by atoms with Gasteiger partial charge in [-0.15, -0.1) is 0 Å². The van der Waals surface area contributed by atoms with Crippen molar-refractivity contribution in [3.8, 4) is 5.69 Å². The van der Waals surface area contributed by atoms with Gasteiger partial charge in [0.05, 0.1) is 11.3 Å². The van der Waals surface area contributed by atoms with Gasteiger partial charge in [-0.2, -0.15) is 0 Å². The van der Waals surface area contributed by atoms with Crippen molar-refractivity contribution in [1.82, 2.24) is 20.2 Å². The Balaban J connectivity index is 1.84. The second kappa shape index (κ2) is 6.57. The van der Waals surface area contributed by atoms with E-state index in [1.165, 1.54) is 12.4 Å². The minimum atomic E-state index is -0.492. The summed E-state index contributed by atoms with van der Waals surface area (Å²) < 4.78 is 1.55. The maximum atomic E-state index is 12.3. The summed E-state index contributed by atoms with van der Waals surface area (Å²) >= 11 is 0. The van der Waals surface area contributed by atoms with Crippen LogP contribution in [0.3, 0.4) is 0 Å². The Morgan fingerprint density at radius 1 is 1.48 bits per heavy atom. The van der Waals surface area contributed by atoms with Gasteiger partial charge < -0.3 is 15.2 Å². The number of nitro benzene ring substituents is 1. The Labute approximate surface area is 132 Å². The van der Waals surface area contributed by atoms with E-state index in [-0.39, 0.29) is 23.2 Å². The quantitative estimate of drug-likeness (QED) is 0.653. The minimum absolute atomic E-state index is 0.0589. The van der Waals surface area contributed by atoms with Crippen molar-refractivity contribution >= 4 is 11.6 Å². The van der Waals surface area contributed by atoms with Gasteiger partial charge in [-0.05, 0) is 31.5 Å². The van der Waals surface area contributed by atoms with Crippen molar-refractivity contribution < 1.29 is 9.72 Å². The number of piperidine rings is 1. The largest absolute Gasteiger partial charge is 0.348 e. The molecule has 1 atom stereocenters. The standard InChI is InChI=1S/C15H17N5O3/c21-15(18-12-2-1-5-16-9-12)11-3-4-13(14(8-11)20(22)23)19-7-6-17-10-19/h3-4,6-8,10,12,16H,1-2,5,9H2,(H,18,21). The summed E-state index contributed by atoms with van der Waals surface area (Å²) in [4.78, 5) is 27.0.